The summed E-state index contributed by atoms with van der Waals surface area (Å²) < 4.78 is 4.58. The highest BCUT2D eigenvalue weighted by molar-refractivity contribution is 5.88. The first-order valence-electron chi connectivity index (χ1n) is 5.22. The van der Waals surface area contributed by atoms with Crippen LogP contribution in [0.3, 0.4) is 0 Å². The van der Waals surface area contributed by atoms with E-state index in [4.69, 9.17) is 5.73 Å². The molecule has 1 rings (SSSR count). The highest BCUT2D eigenvalue weighted by Gasteiger charge is 2.04. The van der Waals surface area contributed by atoms with Crippen molar-refractivity contribution in [1.82, 2.24) is 10.3 Å². The van der Waals surface area contributed by atoms with E-state index < -0.39 is 0 Å². The number of pyridine rings is 1. The third kappa shape index (κ3) is 3.96. The first-order chi connectivity index (χ1) is 7.77. The molecule has 1 aromatic rings. The Balaban J connectivity index is 2.42. The molecule has 0 saturated heterocycles. The zero-order chi connectivity index (χ0) is 11.8. The zero-order valence-corrected chi connectivity index (χ0v) is 9.40. The standard InChI is InChI=1S/C11H17N3O2/c1-16-11(15)9-3-4-10(14-7-9)8-13-6-2-5-12/h3-4,7,13H,2,5-6,8,12H2,1H3. The Kier molecular flexibility index (Phi) is 5.45. The summed E-state index contributed by atoms with van der Waals surface area (Å²) in [4.78, 5) is 15.3. The topological polar surface area (TPSA) is 77.2 Å². The van der Waals surface area contributed by atoms with E-state index in [0.29, 0.717) is 18.7 Å². The third-order valence-corrected chi connectivity index (χ3v) is 2.11. The van der Waals surface area contributed by atoms with Gasteiger partial charge in [0.15, 0.2) is 0 Å². The number of rotatable bonds is 6. The average Bonchev–Trinajstić information content (AvgIpc) is 2.34. The minimum Gasteiger partial charge on any atom is -0.465 e. The van der Waals surface area contributed by atoms with Crippen molar-refractivity contribution in [2.24, 2.45) is 5.73 Å². The molecule has 16 heavy (non-hydrogen) atoms. The molecule has 5 nitrogen and oxygen atoms in total. The second kappa shape index (κ2) is 6.92. The summed E-state index contributed by atoms with van der Waals surface area (Å²) in [5.41, 5.74) is 6.73. The Morgan fingerprint density at radius 1 is 1.56 bits per heavy atom. The molecule has 0 amide bonds. The van der Waals surface area contributed by atoms with Crippen molar-refractivity contribution in [1.29, 1.82) is 0 Å². The summed E-state index contributed by atoms with van der Waals surface area (Å²) in [5, 5.41) is 3.21. The number of aromatic nitrogens is 1. The van der Waals surface area contributed by atoms with Gasteiger partial charge in [0.1, 0.15) is 0 Å². The lowest BCUT2D eigenvalue weighted by molar-refractivity contribution is 0.0600. The van der Waals surface area contributed by atoms with Crippen LogP contribution in [0.2, 0.25) is 0 Å². The molecule has 0 atom stereocenters. The van der Waals surface area contributed by atoms with Gasteiger partial charge in [-0.15, -0.1) is 0 Å². The first-order valence-corrected chi connectivity index (χ1v) is 5.22. The predicted molar refractivity (Wildman–Crippen MR) is 61.0 cm³/mol. The van der Waals surface area contributed by atoms with Crippen LogP contribution >= 0.6 is 0 Å². The fourth-order valence-corrected chi connectivity index (χ4v) is 1.21. The highest BCUT2D eigenvalue weighted by Crippen LogP contribution is 2.01. The lowest BCUT2D eigenvalue weighted by atomic mass is 10.2. The number of carbonyl (C=O) groups excluding carboxylic acids is 1. The molecule has 0 spiro atoms. The molecule has 0 aliphatic rings. The largest absolute Gasteiger partial charge is 0.465 e. The van der Waals surface area contributed by atoms with Crippen molar-refractivity contribution in [2.45, 2.75) is 13.0 Å². The molecule has 0 saturated carbocycles. The second-order valence-corrected chi connectivity index (χ2v) is 3.35. The van der Waals surface area contributed by atoms with Gasteiger partial charge in [0, 0.05) is 12.7 Å². The Hall–Kier alpha value is -1.46. The maximum absolute atomic E-state index is 11.1. The van der Waals surface area contributed by atoms with Crippen LogP contribution in [0, 0.1) is 0 Å². The number of methoxy groups -OCH3 is 1. The summed E-state index contributed by atoms with van der Waals surface area (Å²) in [6, 6.07) is 3.51. The quantitative estimate of drug-likeness (QED) is 0.536. The molecule has 0 fully saturated rings. The monoisotopic (exact) mass is 223 g/mol. The molecule has 0 aromatic carbocycles. The van der Waals surface area contributed by atoms with Crippen LogP contribution in [-0.4, -0.2) is 31.2 Å². The van der Waals surface area contributed by atoms with Crippen molar-refractivity contribution in [2.75, 3.05) is 20.2 Å². The van der Waals surface area contributed by atoms with Gasteiger partial charge in [-0.2, -0.15) is 0 Å². The first kappa shape index (κ1) is 12.6. The van der Waals surface area contributed by atoms with Crippen molar-refractivity contribution < 1.29 is 9.53 Å². The minimum atomic E-state index is -0.366. The molecule has 88 valence electrons. The van der Waals surface area contributed by atoms with Crippen LogP contribution in [0.5, 0.6) is 0 Å². The fourth-order valence-electron chi connectivity index (χ4n) is 1.21. The third-order valence-electron chi connectivity index (χ3n) is 2.11. The van der Waals surface area contributed by atoms with E-state index in [9.17, 15) is 4.79 Å². The number of esters is 1. The van der Waals surface area contributed by atoms with Gasteiger partial charge in [-0.25, -0.2) is 4.79 Å². The highest BCUT2D eigenvalue weighted by atomic mass is 16.5. The number of carbonyl (C=O) groups is 1. The Morgan fingerprint density at radius 2 is 2.38 bits per heavy atom. The van der Waals surface area contributed by atoms with E-state index in [1.54, 1.807) is 6.07 Å². The Morgan fingerprint density at radius 3 is 2.94 bits per heavy atom. The molecule has 0 bridgehead atoms. The summed E-state index contributed by atoms with van der Waals surface area (Å²) in [6.45, 7) is 2.24. The molecular formula is C11H17N3O2. The summed E-state index contributed by atoms with van der Waals surface area (Å²) in [6.07, 6.45) is 2.46. The van der Waals surface area contributed by atoms with Crippen molar-refractivity contribution in [3.05, 3.63) is 29.6 Å². The molecular weight excluding hydrogens is 206 g/mol. The van der Waals surface area contributed by atoms with Gasteiger partial charge in [0.05, 0.1) is 18.4 Å². The molecule has 3 N–H and O–H groups in total. The van der Waals surface area contributed by atoms with Crippen molar-refractivity contribution >= 4 is 5.97 Å². The fraction of sp³-hybridized carbons (Fsp3) is 0.455. The summed E-state index contributed by atoms with van der Waals surface area (Å²) in [5.74, 6) is -0.366. The Bertz CT molecular complexity index is 325. The Labute approximate surface area is 95.0 Å². The van der Waals surface area contributed by atoms with E-state index in [0.717, 1.165) is 18.7 Å². The number of nitrogens with zero attached hydrogens (tertiary/aromatic N) is 1. The van der Waals surface area contributed by atoms with Crippen LogP contribution in [0.15, 0.2) is 18.3 Å². The van der Waals surface area contributed by atoms with Gasteiger partial charge in [0.25, 0.3) is 0 Å². The number of hydrogen-bond acceptors (Lipinski definition) is 5. The number of hydrogen-bond donors (Lipinski definition) is 2. The van der Waals surface area contributed by atoms with Crippen molar-refractivity contribution in [3.63, 3.8) is 0 Å². The van der Waals surface area contributed by atoms with Gasteiger partial charge in [-0.3, -0.25) is 4.98 Å². The van der Waals surface area contributed by atoms with Crippen LogP contribution < -0.4 is 11.1 Å². The smallest absolute Gasteiger partial charge is 0.339 e. The minimum absolute atomic E-state index is 0.366. The number of ether oxygens (including phenoxy) is 1. The van der Waals surface area contributed by atoms with E-state index in [2.05, 4.69) is 15.0 Å². The van der Waals surface area contributed by atoms with E-state index in [1.807, 2.05) is 6.07 Å². The molecule has 5 heteroatoms. The van der Waals surface area contributed by atoms with Crippen LogP contribution in [0.25, 0.3) is 0 Å². The lowest BCUT2D eigenvalue weighted by Gasteiger charge is -2.04. The van der Waals surface area contributed by atoms with Crippen LogP contribution in [0.4, 0.5) is 0 Å². The summed E-state index contributed by atoms with van der Waals surface area (Å²) in [7, 11) is 1.35. The maximum Gasteiger partial charge on any atom is 0.339 e. The summed E-state index contributed by atoms with van der Waals surface area (Å²) >= 11 is 0. The van der Waals surface area contributed by atoms with E-state index in [1.165, 1.54) is 13.3 Å². The van der Waals surface area contributed by atoms with Gasteiger partial charge in [0.2, 0.25) is 0 Å². The van der Waals surface area contributed by atoms with Gasteiger partial charge in [-0.05, 0) is 31.6 Å². The molecule has 1 aromatic heterocycles. The molecule has 0 aliphatic heterocycles. The van der Waals surface area contributed by atoms with Crippen LogP contribution in [-0.2, 0) is 11.3 Å². The number of nitrogens with one attached hydrogen (secondary N) is 1. The molecule has 1 heterocycles. The van der Waals surface area contributed by atoms with Gasteiger partial charge in [-0.1, -0.05) is 0 Å². The van der Waals surface area contributed by atoms with E-state index in [-0.39, 0.29) is 5.97 Å². The zero-order valence-electron chi connectivity index (χ0n) is 9.40. The predicted octanol–water partition coefficient (Wildman–Crippen LogP) is 0.307. The average molecular weight is 223 g/mol. The lowest BCUT2D eigenvalue weighted by Crippen LogP contribution is -2.18. The molecule has 0 aliphatic carbocycles. The second-order valence-electron chi connectivity index (χ2n) is 3.35. The van der Waals surface area contributed by atoms with E-state index >= 15 is 0 Å². The number of nitrogens with two attached hydrogens (primary N) is 1. The molecule has 0 unspecified atom stereocenters. The SMILES string of the molecule is COC(=O)c1ccc(CNCCCN)nc1. The van der Waals surface area contributed by atoms with Gasteiger partial charge < -0.3 is 15.8 Å². The molecule has 0 radical (unpaired) electrons. The normalized spacial score (nSPS) is 10.1. The van der Waals surface area contributed by atoms with Gasteiger partial charge >= 0.3 is 5.97 Å². The maximum atomic E-state index is 11.1. The van der Waals surface area contributed by atoms with Crippen molar-refractivity contribution in [3.8, 4) is 0 Å². The van der Waals surface area contributed by atoms with Crippen LogP contribution in [0.1, 0.15) is 22.5 Å².